The third-order valence-electron chi connectivity index (χ3n) is 4.82. The van der Waals surface area contributed by atoms with E-state index in [1.807, 2.05) is 37.5 Å². The largest absolute Gasteiger partial charge is 0.339 e. The van der Waals surface area contributed by atoms with Crippen molar-refractivity contribution in [2.45, 2.75) is 33.2 Å². The van der Waals surface area contributed by atoms with Gasteiger partial charge in [-0.2, -0.15) is 10.1 Å². The summed E-state index contributed by atoms with van der Waals surface area (Å²) in [5.41, 5.74) is 2.98. The highest BCUT2D eigenvalue weighted by Crippen LogP contribution is 2.23. The first kappa shape index (κ1) is 16.6. The lowest BCUT2D eigenvalue weighted by molar-refractivity contribution is -0.133. The van der Waals surface area contributed by atoms with Gasteiger partial charge in [0.05, 0.1) is 12.1 Å². The van der Waals surface area contributed by atoms with Gasteiger partial charge in [0, 0.05) is 37.9 Å². The number of rotatable bonds is 3. The molecule has 1 atom stereocenters. The highest BCUT2D eigenvalue weighted by atomic mass is 16.5. The van der Waals surface area contributed by atoms with Gasteiger partial charge in [0.2, 0.25) is 11.8 Å². The molecule has 1 saturated heterocycles. The van der Waals surface area contributed by atoms with Crippen molar-refractivity contribution in [2.24, 2.45) is 7.05 Å². The molecule has 0 aliphatic carbocycles. The Bertz CT molecular complexity index is 750. The lowest BCUT2D eigenvalue weighted by Gasteiger charge is -2.37. The van der Waals surface area contributed by atoms with Gasteiger partial charge in [0.1, 0.15) is 6.04 Å². The summed E-state index contributed by atoms with van der Waals surface area (Å²) < 4.78 is 7.13. The number of piperazine rings is 1. The Labute approximate surface area is 141 Å². The van der Waals surface area contributed by atoms with E-state index in [1.165, 1.54) is 0 Å². The van der Waals surface area contributed by atoms with Crippen LogP contribution >= 0.6 is 0 Å². The predicted octanol–water partition coefficient (Wildman–Crippen LogP) is 0.786. The normalized spacial score (nSPS) is 19.0. The Morgan fingerprint density at radius 3 is 2.58 bits per heavy atom. The third-order valence-corrected chi connectivity index (χ3v) is 4.82. The van der Waals surface area contributed by atoms with Crippen LogP contribution in [0.5, 0.6) is 0 Å². The Balaban J connectivity index is 1.73. The van der Waals surface area contributed by atoms with Crippen LogP contribution in [-0.4, -0.2) is 62.3 Å². The van der Waals surface area contributed by atoms with E-state index in [0.29, 0.717) is 31.2 Å². The van der Waals surface area contributed by atoms with E-state index in [4.69, 9.17) is 4.52 Å². The van der Waals surface area contributed by atoms with E-state index < -0.39 is 0 Å². The molecule has 1 fully saturated rings. The molecule has 0 radical (unpaired) electrons. The van der Waals surface area contributed by atoms with Gasteiger partial charge < -0.3 is 9.42 Å². The molecular weight excluding hydrogens is 308 g/mol. The van der Waals surface area contributed by atoms with E-state index in [9.17, 15) is 4.79 Å². The van der Waals surface area contributed by atoms with Gasteiger partial charge in [0.15, 0.2) is 5.82 Å². The maximum absolute atomic E-state index is 12.8. The molecule has 130 valence electrons. The van der Waals surface area contributed by atoms with Gasteiger partial charge in [-0.1, -0.05) is 5.16 Å². The Hall–Kier alpha value is -2.22. The number of amides is 1. The Morgan fingerprint density at radius 1 is 1.25 bits per heavy atom. The van der Waals surface area contributed by atoms with Crippen molar-refractivity contribution in [1.82, 2.24) is 29.7 Å². The monoisotopic (exact) mass is 332 g/mol. The number of carbonyl (C=O) groups excluding carboxylic acids is 1. The number of carbonyl (C=O) groups is 1. The van der Waals surface area contributed by atoms with Crippen LogP contribution < -0.4 is 0 Å². The Morgan fingerprint density at radius 2 is 2.00 bits per heavy atom. The number of aryl methyl sites for hydroxylation is 3. The maximum Gasteiger partial charge on any atom is 0.245 e. The molecule has 0 N–H and O–H groups in total. The van der Waals surface area contributed by atoms with E-state index in [-0.39, 0.29) is 11.9 Å². The zero-order chi connectivity index (χ0) is 17.4. The fourth-order valence-corrected chi connectivity index (χ4v) is 3.15. The summed E-state index contributed by atoms with van der Waals surface area (Å²) in [6, 6.07) is -0.0556. The minimum atomic E-state index is -0.0556. The van der Waals surface area contributed by atoms with Crippen molar-refractivity contribution in [2.75, 3.05) is 26.7 Å². The molecule has 24 heavy (non-hydrogen) atoms. The summed E-state index contributed by atoms with van der Waals surface area (Å²) in [4.78, 5) is 21.1. The highest BCUT2D eigenvalue weighted by molar-refractivity contribution is 5.79. The van der Waals surface area contributed by atoms with Crippen LogP contribution in [0.15, 0.2) is 4.52 Å². The quantitative estimate of drug-likeness (QED) is 0.826. The summed E-state index contributed by atoms with van der Waals surface area (Å²) in [6.45, 7) is 7.79. The average molecular weight is 332 g/mol. The van der Waals surface area contributed by atoms with Gasteiger partial charge in [-0.3, -0.25) is 14.4 Å². The number of hydrogen-bond acceptors (Lipinski definition) is 6. The third kappa shape index (κ3) is 3.06. The first-order chi connectivity index (χ1) is 11.4. The van der Waals surface area contributed by atoms with E-state index in [2.05, 4.69) is 20.1 Å². The van der Waals surface area contributed by atoms with Crippen molar-refractivity contribution in [3.05, 3.63) is 28.7 Å². The summed E-state index contributed by atoms with van der Waals surface area (Å²) >= 11 is 0. The fraction of sp³-hybridized carbons (Fsp3) is 0.625. The zero-order valence-corrected chi connectivity index (χ0v) is 14.9. The number of likely N-dealkylation sites (N-methyl/N-ethyl adjacent to an activating group) is 1. The number of aromatic nitrogens is 4. The van der Waals surface area contributed by atoms with Gasteiger partial charge >= 0.3 is 0 Å². The number of nitrogens with zero attached hydrogens (tertiary/aromatic N) is 6. The van der Waals surface area contributed by atoms with E-state index in [1.54, 1.807) is 6.92 Å². The van der Waals surface area contributed by atoms with Crippen LogP contribution in [0, 0.1) is 20.8 Å². The molecule has 8 heteroatoms. The first-order valence-corrected chi connectivity index (χ1v) is 8.14. The minimum Gasteiger partial charge on any atom is -0.339 e. The molecule has 2 aromatic rings. The van der Waals surface area contributed by atoms with Crippen molar-refractivity contribution in [3.63, 3.8) is 0 Å². The molecular formula is C16H24N6O2. The molecule has 3 rings (SSSR count). The van der Waals surface area contributed by atoms with E-state index >= 15 is 0 Å². The van der Waals surface area contributed by atoms with Gasteiger partial charge in [0.25, 0.3) is 0 Å². The van der Waals surface area contributed by atoms with Crippen LogP contribution in [0.4, 0.5) is 0 Å². The predicted molar refractivity (Wildman–Crippen MR) is 87.4 cm³/mol. The fourth-order valence-electron chi connectivity index (χ4n) is 3.15. The van der Waals surface area contributed by atoms with Crippen LogP contribution in [-0.2, 0) is 18.3 Å². The van der Waals surface area contributed by atoms with Crippen LogP contribution in [0.3, 0.4) is 0 Å². The van der Waals surface area contributed by atoms with Crippen LogP contribution in [0.1, 0.15) is 34.7 Å². The Kier molecular flexibility index (Phi) is 4.40. The first-order valence-electron chi connectivity index (χ1n) is 8.14. The zero-order valence-electron chi connectivity index (χ0n) is 14.9. The standard InChI is InChI=1S/C16H24N6O2/c1-10-13(11(2)21(5)18-10)8-15(23)22-7-6-20(4)14(9-22)16-17-12(3)19-24-16/h14H,6-9H2,1-5H3/t14-/m0/s1. The molecule has 3 heterocycles. The lowest BCUT2D eigenvalue weighted by Crippen LogP contribution is -2.49. The molecule has 0 bridgehead atoms. The maximum atomic E-state index is 12.8. The molecule has 0 unspecified atom stereocenters. The molecule has 0 saturated carbocycles. The summed E-state index contributed by atoms with van der Waals surface area (Å²) in [6.07, 6.45) is 0.380. The van der Waals surface area contributed by atoms with Crippen molar-refractivity contribution >= 4 is 5.91 Å². The summed E-state index contributed by atoms with van der Waals surface area (Å²) in [5, 5.41) is 8.25. The van der Waals surface area contributed by atoms with Crippen LogP contribution in [0.2, 0.25) is 0 Å². The SMILES string of the molecule is Cc1noc([C@@H]2CN(C(=O)Cc3c(C)nn(C)c3C)CCN2C)n1. The summed E-state index contributed by atoms with van der Waals surface area (Å²) in [7, 11) is 3.92. The molecule has 2 aromatic heterocycles. The molecule has 1 aliphatic heterocycles. The molecule has 8 nitrogen and oxygen atoms in total. The minimum absolute atomic E-state index is 0.0556. The lowest BCUT2D eigenvalue weighted by atomic mass is 10.1. The molecule has 1 aliphatic rings. The smallest absolute Gasteiger partial charge is 0.245 e. The molecule has 1 amide bonds. The highest BCUT2D eigenvalue weighted by Gasteiger charge is 2.32. The second kappa shape index (κ2) is 6.35. The topological polar surface area (TPSA) is 80.3 Å². The second-order valence-corrected chi connectivity index (χ2v) is 6.47. The van der Waals surface area contributed by atoms with Gasteiger partial charge in [-0.05, 0) is 27.8 Å². The molecule has 0 spiro atoms. The second-order valence-electron chi connectivity index (χ2n) is 6.47. The van der Waals surface area contributed by atoms with Crippen LogP contribution in [0.25, 0.3) is 0 Å². The van der Waals surface area contributed by atoms with Gasteiger partial charge in [-0.25, -0.2) is 0 Å². The summed E-state index contributed by atoms with van der Waals surface area (Å²) in [5.74, 6) is 1.30. The van der Waals surface area contributed by atoms with Crippen molar-refractivity contribution < 1.29 is 9.32 Å². The average Bonchev–Trinajstić information content (AvgIpc) is 3.06. The van der Waals surface area contributed by atoms with Gasteiger partial charge in [-0.15, -0.1) is 0 Å². The number of hydrogen-bond donors (Lipinski definition) is 0. The van der Waals surface area contributed by atoms with Crippen molar-refractivity contribution in [1.29, 1.82) is 0 Å². The van der Waals surface area contributed by atoms with E-state index in [0.717, 1.165) is 23.5 Å². The van der Waals surface area contributed by atoms with Crippen molar-refractivity contribution in [3.8, 4) is 0 Å². The molecule has 0 aromatic carbocycles.